The molecule has 1 aliphatic heterocycles. The van der Waals surface area contributed by atoms with E-state index in [0.29, 0.717) is 18.5 Å². The Balaban J connectivity index is 2.20. The van der Waals surface area contributed by atoms with E-state index in [1.807, 2.05) is 0 Å². The number of nitrogens with one attached hydrogen (secondary N) is 6. The molecule has 0 saturated carbocycles. The highest BCUT2D eigenvalue weighted by molar-refractivity contribution is 5.97. The Morgan fingerprint density at radius 2 is 1.53 bits per heavy atom. The Morgan fingerprint density at radius 1 is 0.895 bits per heavy atom. The number of aromatic nitrogens is 2. The lowest BCUT2D eigenvalue weighted by atomic mass is 9.97. The Hall–Kier alpha value is -5.80. The number of aromatic amines is 1. The zero-order valence-electron chi connectivity index (χ0n) is 32.9. The normalized spacial score (nSPS) is 17.5. The summed E-state index contributed by atoms with van der Waals surface area (Å²) < 4.78 is 0. The number of nitrogens with two attached hydrogens (primary N) is 3. The van der Waals surface area contributed by atoms with Gasteiger partial charge in [0.05, 0.1) is 18.8 Å². The van der Waals surface area contributed by atoms with Gasteiger partial charge in [-0.1, -0.05) is 34.1 Å². The maximum atomic E-state index is 13.8. The summed E-state index contributed by atoms with van der Waals surface area (Å²) in [7, 11) is 0. The van der Waals surface area contributed by atoms with Crippen molar-refractivity contribution in [2.75, 3.05) is 13.1 Å². The molecule has 1 aliphatic rings. The summed E-state index contributed by atoms with van der Waals surface area (Å²) in [6.45, 7) is 8.45. The van der Waals surface area contributed by atoms with E-state index in [1.165, 1.54) is 24.3 Å². The monoisotopic (exact) mass is 806 g/mol. The highest BCUT2D eigenvalue weighted by atomic mass is 16.4. The number of amides is 6. The molecular weight excluding hydrogens is 748 g/mol. The van der Waals surface area contributed by atoms with Crippen molar-refractivity contribution in [2.45, 2.75) is 122 Å². The van der Waals surface area contributed by atoms with Crippen molar-refractivity contribution in [2.24, 2.45) is 34.0 Å². The lowest BCUT2D eigenvalue weighted by Crippen LogP contribution is -2.61. The van der Waals surface area contributed by atoms with E-state index in [-0.39, 0.29) is 44.7 Å². The van der Waals surface area contributed by atoms with Crippen LogP contribution in [0.25, 0.3) is 0 Å². The molecule has 22 nitrogen and oxygen atoms in total. The first-order valence-electron chi connectivity index (χ1n) is 18.8. The highest BCUT2D eigenvalue weighted by Crippen LogP contribution is 2.20. The third-order valence-electron chi connectivity index (χ3n) is 9.52. The second-order valence-electron chi connectivity index (χ2n) is 14.4. The molecule has 57 heavy (non-hydrogen) atoms. The minimum atomic E-state index is -1.46. The van der Waals surface area contributed by atoms with Crippen molar-refractivity contribution in [1.29, 1.82) is 0 Å². The SMILES string of the molecule is CC[C@H](C)[C@H](NC(=O)[C@H](C)NC(=O)[C@@H](NC(=O)[C@H](CCCN=C(N)N)NC(=O)[C@@H](N)CC(=O)O)C(C)C)C(=O)N[C@@H](Cc1cnc[nH]1)C(=O)N1CCC[C@H]1C(=O)O. The smallest absolute Gasteiger partial charge is 0.326 e. The number of rotatable bonds is 23. The first-order chi connectivity index (χ1) is 26.8. The third-order valence-corrected chi connectivity index (χ3v) is 9.52. The lowest BCUT2D eigenvalue weighted by Gasteiger charge is -2.30. The molecule has 1 aromatic rings. The Labute approximate surface area is 330 Å². The van der Waals surface area contributed by atoms with Crippen LogP contribution in [0.15, 0.2) is 17.5 Å². The number of aliphatic carboxylic acids is 2. The molecule has 8 atom stereocenters. The second-order valence-corrected chi connectivity index (χ2v) is 14.4. The van der Waals surface area contributed by atoms with Gasteiger partial charge in [0.2, 0.25) is 35.4 Å². The van der Waals surface area contributed by atoms with Crippen LogP contribution in [0.4, 0.5) is 0 Å². The first-order valence-corrected chi connectivity index (χ1v) is 18.8. The van der Waals surface area contributed by atoms with E-state index >= 15 is 0 Å². The average molecular weight is 807 g/mol. The molecule has 0 radical (unpaired) electrons. The largest absolute Gasteiger partial charge is 0.481 e. The van der Waals surface area contributed by atoms with Gasteiger partial charge in [-0.05, 0) is 44.4 Å². The molecule has 2 heterocycles. The molecule has 1 aromatic heterocycles. The van der Waals surface area contributed by atoms with Crippen molar-refractivity contribution in [3.05, 3.63) is 18.2 Å². The van der Waals surface area contributed by atoms with Crippen LogP contribution in [-0.2, 0) is 44.8 Å². The fourth-order valence-corrected chi connectivity index (χ4v) is 6.03. The van der Waals surface area contributed by atoms with E-state index in [9.17, 15) is 43.5 Å². The molecule has 0 bridgehead atoms. The average Bonchev–Trinajstić information content (AvgIpc) is 3.85. The highest BCUT2D eigenvalue weighted by Gasteiger charge is 2.39. The van der Waals surface area contributed by atoms with Gasteiger partial charge in [-0.3, -0.25) is 38.6 Å². The molecule has 0 aromatic carbocycles. The number of imidazole rings is 1. The van der Waals surface area contributed by atoms with Crippen LogP contribution in [0.5, 0.6) is 0 Å². The number of aliphatic imine (C=N–C) groups is 1. The van der Waals surface area contributed by atoms with Gasteiger partial charge < -0.3 is 63.9 Å². The van der Waals surface area contributed by atoms with Crippen LogP contribution >= 0.6 is 0 Å². The fraction of sp³-hybridized carbons (Fsp3) is 0.657. The molecule has 0 spiro atoms. The van der Waals surface area contributed by atoms with Gasteiger partial charge in [0, 0.05) is 31.4 Å². The quantitative estimate of drug-likeness (QED) is 0.0299. The maximum absolute atomic E-state index is 13.8. The molecule has 0 aliphatic carbocycles. The summed E-state index contributed by atoms with van der Waals surface area (Å²) in [4.78, 5) is 115. The molecular formula is C35H58N12O10. The maximum Gasteiger partial charge on any atom is 0.326 e. The summed E-state index contributed by atoms with van der Waals surface area (Å²) in [5.74, 6) is -8.18. The van der Waals surface area contributed by atoms with Crippen LogP contribution in [0.3, 0.4) is 0 Å². The minimum Gasteiger partial charge on any atom is -0.481 e. The van der Waals surface area contributed by atoms with E-state index in [4.69, 9.17) is 22.3 Å². The molecule has 22 heteroatoms. The summed E-state index contributed by atoms with van der Waals surface area (Å²) >= 11 is 0. The van der Waals surface area contributed by atoms with Gasteiger partial charge in [0.1, 0.15) is 36.3 Å². The number of carbonyl (C=O) groups excluding carboxylic acids is 6. The van der Waals surface area contributed by atoms with E-state index in [1.54, 1.807) is 27.7 Å². The van der Waals surface area contributed by atoms with Crippen LogP contribution < -0.4 is 43.8 Å². The summed E-state index contributed by atoms with van der Waals surface area (Å²) in [6.07, 6.45) is 3.52. The Bertz CT molecular complexity index is 1600. The standard InChI is InChI=1S/C35H58N12O10/c1-6-18(4)27(32(54)44-23(13-20-15-39-16-41-20)33(55)47-12-8-10-24(47)34(56)57)46-28(50)19(5)42-31(53)26(17(2)3)45-30(52)22(9-7-11-40-35(37)38)43-29(51)21(36)14-25(48)49/h15-19,21-24,26-27H,6-14,36H2,1-5H3,(H,39,41)(H,42,53)(H,43,51)(H,44,54)(H,45,52)(H,46,50)(H,48,49)(H,56,57)(H4,37,38,40)/t18-,19-,21-,22-,23-,24-,26-,27-/m0/s1. The number of likely N-dealkylation sites (tertiary alicyclic amines) is 1. The van der Waals surface area contributed by atoms with E-state index in [0.717, 1.165) is 0 Å². The topological polar surface area (TPSA) is 360 Å². The van der Waals surface area contributed by atoms with Crippen molar-refractivity contribution in [1.82, 2.24) is 41.5 Å². The van der Waals surface area contributed by atoms with E-state index in [2.05, 4.69) is 41.5 Å². The van der Waals surface area contributed by atoms with Gasteiger partial charge in [-0.2, -0.15) is 0 Å². The van der Waals surface area contributed by atoms with Gasteiger partial charge in [0.25, 0.3) is 0 Å². The minimum absolute atomic E-state index is 0.00896. The van der Waals surface area contributed by atoms with Gasteiger partial charge in [-0.25, -0.2) is 9.78 Å². The molecule has 2 rings (SSSR count). The second kappa shape index (κ2) is 22.7. The van der Waals surface area contributed by atoms with Crippen LogP contribution in [-0.4, -0.2) is 134 Å². The zero-order valence-corrected chi connectivity index (χ0v) is 32.9. The van der Waals surface area contributed by atoms with Gasteiger partial charge in [-0.15, -0.1) is 0 Å². The predicted molar refractivity (Wildman–Crippen MR) is 204 cm³/mol. The number of carbonyl (C=O) groups is 8. The van der Waals surface area contributed by atoms with Crippen LogP contribution in [0, 0.1) is 11.8 Å². The molecule has 1 fully saturated rings. The molecule has 0 unspecified atom stereocenters. The zero-order chi connectivity index (χ0) is 43.0. The Morgan fingerprint density at radius 3 is 2.09 bits per heavy atom. The van der Waals surface area contributed by atoms with E-state index < -0.39 is 108 Å². The number of nitrogens with zero attached hydrogens (tertiary/aromatic N) is 3. The third kappa shape index (κ3) is 15.0. The first kappa shape index (κ1) is 47.4. The van der Waals surface area contributed by atoms with Crippen molar-refractivity contribution < 1.29 is 48.6 Å². The summed E-state index contributed by atoms with van der Waals surface area (Å²) in [6, 6.07) is -8.59. The fourth-order valence-electron chi connectivity index (χ4n) is 6.03. The number of H-pyrrole nitrogens is 1. The van der Waals surface area contributed by atoms with Gasteiger partial charge in [0.15, 0.2) is 5.96 Å². The summed E-state index contributed by atoms with van der Waals surface area (Å²) in [5.41, 5.74) is 16.9. The molecule has 6 amide bonds. The Kier molecular flexibility index (Phi) is 18.8. The number of carboxylic acid groups (broad SMARTS) is 2. The molecule has 1 saturated heterocycles. The van der Waals surface area contributed by atoms with Crippen molar-refractivity contribution >= 4 is 53.3 Å². The number of hydrogen-bond acceptors (Lipinski definition) is 11. The lowest BCUT2D eigenvalue weighted by molar-refractivity contribution is -0.149. The predicted octanol–water partition coefficient (Wildman–Crippen LogP) is -2.97. The number of guanidine groups is 1. The molecule has 318 valence electrons. The van der Waals surface area contributed by atoms with Crippen LogP contribution in [0.2, 0.25) is 0 Å². The van der Waals surface area contributed by atoms with Crippen molar-refractivity contribution in [3.8, 4) is 0 Å². The van der Waals surface area contributed by atoms with Gasteiger partial charge >= 0.3 is 11.9 Å². The number of hydrogen-bond donors (Lipinski definition) is 11. The summed E-state index contributed by atoms with van der Waals surface area (Å²) in [5, 5.41) is 31.6. The number of carboxylic acids is 2. The molecule has 14 N–H and O–H groups in total. The van der Waals surface area contributed by atoms with Crippen molar-refractivity contribution in [3.63, 3.8) is 0 Å². The van der Waals surface area contributed by atoms with Crippen LogP contribution in [0.1, 0.15) is 78.8 Å².